The normalized spacial score (nSPS) is 11.8. The molecule has 192 valence electrons. The zero-order valence-electron chi connectivity index (χ0n) is 20.5. The van der Waals surface area contributed by atoms with E-state index in [4.69, 9.17) is 9.47 Å². The topological polar surface area (TPSA) is 113 Å². The van der Waals surface area contributed by atoms with Gasteiger partial charge in [-0.2, -0.15) is 0 Å². The molecule has 9 heteroatoms. The maximum atomic E-state index is 12.3. The SMILES string of the molecule is COc1cc(CN[C@H](Cc2c[nH]c3ccccc23)C(=O)O)cc(Br)c1OCC(=O)Nc1ccc(C)cc1. The second kappa shape index (κ2) is 11.9. The fourth-order valence-corrected chi connectivity index (χ4v) is 4.60. The number of aryl methyl sites for hydroxylation is 1. The highest BCUT2D eigenvalue weighted by atomic mass is 79.9. The molecule has 0 aliphatic rings. The number of para-hydroxylation sites is 1. The number of benzene rings is 3. The van der Waals surface area contributed by atoms with E-state index in [1.54, 1.807) is 6.07 Å². The van der Waals surface area contributed by atoms with Crippen LogP contribution >= 0.6 is 15.9 Å². The molecule has 3 aromatic carbocycles. The van der Waals surface area contributed by atoms with Crippen LogP contribution in [-0.4, -0.2) is 41.7 Å². The largest absolute Gasteiger partial charge is 0.493 e. The molecule has 0 fully saturated rings. The number of carboxylic acid groups (broad SMARTS) is 1. The van der Waals surface area contributed by atoms with Gasteiger partial charge in [-0.3, -0.25) is 9.59 Å². The molecule has 0 aliphatic heterocycles. The van der Waals surface area contributed by atoms with Crippen molar-refractivity contribution in [3.05, 3.63) is 88.0 Å². The van der Waals surface area contributed by atoms with E-state index in [9.17, 15) is 14.7 Å². The van der Waals surface area contributed by atoms with Gasteiger partial charge in [0.25, 0.3) is 5.91 Å². The maximum absolute atomic E-state index is 12.3. The highest BCUT2D eigenvalue weighted by Crippen LogP contribution is 2.36. The van der Waals surface area contributed by atoms with Crippen molar-refractivity contribution in [1.82, 2.24) is 10.3 Å². The molecule has 8 nitrogen and oxygen atoms in total. The van der Waals surface area contributed by atoms with E-state index in [2.05, 4.69) is 31.5 Å². The van der Waals surface area contributed by atoms with E-state index in [0.717, 1.165) is 27.6 Å². The molecule has 4 aromatic rings. The predicted octanol–water partition coefficient (Wildman–Crippen LogP) is 5.05. The molecule has 0 radical (unpaired) electrons. The van der Waals surface area contributed by atoms with Crippen molar-refractivity contribution in [3.63, 3.8) is 0 Å². The van der Waals surface area contributed by atoms with Gasteiger partial charge in [0.2, 0.25) is 0 Å². The zero-order valence-corrected chi connectivity index (χ0v) is 22.1. The van der Waals surface area contributed by atoms with E-state index in [1.165, 1.54) is 7.11 Å². The fraction of sp³-hybridized carbons (Fsp3) is 0.214. The monoisotopic (exact) mass is 565 g/mol. The Kier molecular flexibility index (Phi) is 8.47. The average molecular weight is 566 g/mol. The van der Waals surface area contributed by atoms with E-state index in [1.807, 2.05) is 67.7 Å². The molecule has 4 rings (SSSR count). The number of amides is 1. The number of halogens is 1. The Morgan fingerprint density at radius 1 is 1.11 bits per heavy atom. The number of hydrogen-bond acceptors (Lipinski definition) is 5. The summed E-state index contributed by atoms with van der Waals surface area (Å²) in [6.45, 7) is 2.07. The molecule has 0 bridgehead atoms. The van der Waals surface area contributed by atoms with E-state index in [0.29, 0.717) is 34.6 Å². The van der Waals surface area contributed by atoms with Gasteiger partial charge in [0.1, 0.15) is 6.04 Å². The van der Waals surface area contributed by atoms with Gasteiger partial charge in [-0.05, 0) is 64.3 Å². The van der Waals surface area contributed by atoms with Gasteiger partial charge in [-0.1, -0.05) is 35.9 Å². The van der Waals surface area contributed by atoms with Gasteiger partial charge in [-0.25, -0.2) is 0 Å². The Balaban J connectivity index is 1.39. The van der Waals surface area contributed by atoms with Crippen LogP contribution in [0.15, 0.2) is 71.3 Å². The summed E-state index contributed by atoms with van der Waals surface area (Å²) in [4.78, 5) is 27.5. The van der Waals surface area contributed by atoms with Gasteiger partial charge in [0, 0.05) is 35.8 Å². The molecule has 4 N–H and O–H groups in total. The quantitative estimate of drug-likeness (QED) is 0.202. The average Bonchev–Trinajstić information content (AvgIpc) is 3.29. The van der Waals surface area contributed by atoms with E-state index >= 15 is 0 Å². The van der Waals surface area contributed by atoms with Gasteiger partial charge < -0.3 is 30.2 Å². The summed E-state index contributed by atoms with van der Waals surface area (Å²) in [5, 5.41) is 16.7. The summed E-state index contributed by atoms with van der Waals surface area (Å²) in [7, 11) is 1.51. The van der Waals surface area contributed by atoms with Crippen LogP contribution in [0.1, 0.15) is 16.7 Å². The molecular weight excluding hydrogens is 538 g/mol. The number of fused-ring (bicyclic) bond motifs is 1. The number of H-pyrrole nitrogens is 1. The Bertz CT molecular complexity index is 1400. The lowest BCUT2D eigenvalue weighted by atomic mass is 10.0. The third-order valence-electron chi connectivity index (χ3n) is 5.92. The van der Waals surface area contributed by atoms with Crippen LogP contribution < -0.4 is 20.1 Å². The van der Waals surface area contributed by atoms with Crippen molar-refractivity contribution in [2.75, 3.05) is 19.0 Å². The molecule has 1 heterocycles. The maximum Gasteiger partial charge on any atom is 0.321 e. The van der Waals surface area contributed by atoms with Crippen molar-refractivity contribution < 1.29 is 24.2 Å². The van der Waals surface area contributed by atoms with Crippen molar-refractivity contribution >= 4 is 44.4 Å². The lowest BCUT2D eigenvalue weighted by Crippen LogP contribution is -2.38. The highest BCUT2D eigenvalue weighted by Gasteiger charge is 2.20. The first-order valence-electron chi connectivity index (χ1n) is 11.7. The van der Waals surface area contributed by atoms with Crippen LogP contribution in [-0.2, 0) is 22.6 Å². The number of hydrogen-bond donors (Lipinski definition) is 4. The number of aromatic amines is 1. The molecular formula is C28H28BrN3O5. The second-order valence-corrected chi connectivity index (χ2v) is 9.50. The number of nitrogens with one attached hydrogen (secondary N) is 3. The molecule has 0 saturated heterocycles. The lowest BCUT2D eigenvalue weighted by Gasteiger charge is -2.17. The third-order valence-corrected chi connectivity index (χ3v) is 6.51. The number of carbonyl (C=O) groups is 2. The lowest BCUT2D eigenvalue weighted by molar-refractivity contribution is -0.139. The number of carbonyl (C=O) groups excluding carboxylic acids is 1. The van der Waals surface area contributed by atoms with Crippen molar-refractivity contribution in [1.29, 1.82) is 0 Å². The predicted molar refractivity (Wildman–Crippen MR) is 146 cm³/mol. The molecule has 37 heavy (non-hydrogen) atoms. The summed E-state index contributed by atoms with van der Waals surface area (Å²) >= 11 is 3.49. The molecule has 1 atom stereocenters. The van der Waals surface area contributed by atoms with Gasteiger partial charge in [0.15, 0.2) is 18.1 Å². The van der Waals surface area contributed by atoms with E-state index in [-0.39, 0.29) is 12.5 Å². The fourth-order valence-electron chi connectivity index (χ4n) is 4.00. The van der Waals surface area contributed by atoms with Crippen LogP contribution in [0.5, 0.6) is 11.5 Å². The third kappa shape index (κ3) is 6.69. The Labute approximate surface area is 223 Å². The minimum atomic E-state index is -0.934. The standard InChI is InChI=1S/C28H28BrN3O5/c1-17-7-9-20(10-8-17)32-26(33)16-37-27-22(29)11-18(12-25(27)36-2)14-30-24(28(34)35)13-19-15-31-23-6-4-3-5-21(19)23/h3-12,15,24,30-31H,13-14,16H2,1-2H3,(H,32,33)(H,34,35)/t24-/m1/s1. The van der Waals surface area contributed by atoms with Crippen molar-refractivity contribution in [2.45, 2.75) is 25.9 Å². The Morgan fingerprint density at radius 2 is 1.86 bits per heavy atom. The van der Waals surface area contributed by atoms with Gasteiger partial charge in [0.05, 0.1) is 11.6 Å². The number of anilines is 1. The first-order valence-corrected chi connectivity index (χ1v) is 12.5. The molecule has 0 spiro atoms. The number of methoxy groups -OCH3 is 1. The number of aliphatic carboxylic acids is 1. The Hall–Kier alpha value is -3.82. The zero-order chi connectivity index (χ0) is 26.4. The molecule has 1 amide bonds. The highest BCUT2D eigenvalue weighted by molar-refractivity contribution is 9.10. The van der Waals surface area contributed by atoms with Gasteiger partial charge >= 0.3 is 5.97 Å². The van der Waals surface area contributed by atoms with Crippen LogP contribution in [0, 0.1) is 6.92 Å². The molecule has 1 aromatic heterocycles. The Morgan fingerprint density at radius 3 is 2.59 bits per heavy atom. The number of aromatic nitrogens is 1. The molecule has 0 aliphatic carbocycles. The summed E-state index contributed by atoms with van der Waals surface area (Å²) in [5.74, 6) is -0.419. The van der Waals surface area contributed by atoms with Crippen LogP contribution in [0.2, 0.25) is 0 Å². The van der Waals surface area contributed by atoms with Crippen LogP contribution in [0.25, 0.3) is 10.9 Å². The first kappa shape index (κ1) is 26.2. The van der Waals surface area contributed by atoms with E-state index < -0.39 is 12.0 Å². The molecule has 0 unspecified atom stereocenters. The number of ether oxygens (including phenoxy) is 2. The summed E-state index contributed by atoms with van der Waals surface area (Å²) in [6, 6.07) is 18.1. The van der Waals surface area contributed by atoms with Crippen molar-refractivity contribution in [2.24, 2.45) is 0 Å². The number of rotatable bonds is 11. The minimum Gasteiger partial charge on any atom is -0.493 e. The first-order chi connectivity index (χ1) is 17.8. The molecule has 0 saturated carbocycles. The smallest absolute Gasteiger partial charge is 0.321 e. The summed E-state index contributed by atoms with van der Waals surface area (Å²) in [5.41, 5.74) is 4.49. The van der Waals surface area contributed by atoms with Crippen LogP contribution in [0.4, 0.5) is 5.69 Å². The van der Waals surface area contributed by atoms with Gasteiger partial charge in [-0.15, -0.1) is 0 Å². The second-order valence-electron chi connectivity index (χ2n) is 8.65. The minimum absolute atomic E-state index is 0.202. The van der Waals surface area contributed by atoms with Crippen LogP contribution in [0.3, 0.4) is 0 Å². The summed E-state index contributed by atoms with van der Waals surface area (Å²) < 4.78 is 11.8. The van der Waals surface area contributed by atoms with Crippen molar-refractivity contribution in [3.8, 4) is 11.5 Å². The summed E-state index contributed by atoms with van der Waals surface area (Å²) in [6.07, 6.45) is 2.18. The number of carboxylic acids is 1.